The number of carbonyl (C=O) groups excluding carboxylic acids is 3. The summed E-state index contributed by atoms with van der Waals surface area (Å²) in [6, 6.07) is 3.10. The predicted octanol–water partition coefficient (Wildman–Crippen LogP) is 1.57. The summed E-state index contributed by atoms with van der Waals surface area (Å²) < 4.78 is 0. The van der Waals surface area contributed by atoms with Crippen LogP contribution in [0.3, 0.4) is 0 Å². The Morgan fingerprint density at radius 3 is 2.35 bits per heavy atom. The smallest absolute Gasteiger partial charge is 0.234 e. The minimum atomic E-state index is -0.362. The van der Waals surface area contributed by atoms with Gasteiger partial charge in [-0.3, -0.25) is 14.4 Å². The van der Waals surface area contributed by atoms with E-state index in [4.69, 9.17) is 0 Å². The zero-order valence-electron chi connectivity index (χ0n) is 9.84. The van der Waals surface area contributed by atoms with Gasteiger partial charge in [0.15, 0.2) is 12.1 Å². The zero-order valence-corrected chi connectivity index (χ0v) is 9.84. The van der Waals surface area contributed by atoms with Crippen LogP contribution in [0.1, 0.15) is 37.0 Å². The maximum absolute atomic E-state index is 11.7. The largest absolute Gasteiger partial charge is 0.298 e. The molecule has 0 N–H and O–H groups in total. The number of imide groups is 1. The number of carbonyl (C=O) groups is 3. The maximum atomic E-state index is 11.7. The lowest BCUT2D eigenvalue weighted by Gasteiger charge is -2.19. The van der Waals surface area contributed by atoms with Gasteiger partial charge in [0.05, 0.1) is 5.56 Å². The molecule has 0 saturated carbocycles. The van der Waals surface area contributed by atoms with Gasteiger partial charge in [-0.25, -0.2) is 9.88 Å². The molecule has 0 saturated heterocycles. The van der Waals surface area contributed by atoms with Crippen LogP contribution >= 0.6 is 0 Å². The quantitative estimate of drug-likeness (QED) is 0.742. The van der Waals surface area contributed by atoms with Crippen molar-refractivity contribution in [3.8, 4) is 0 Å². The van der Waals surface area contributed by atoms with Gasteiger partial charge < -0.3 is 0 Å². The van der Waals surface area contributed by atoms with Gasteiger partial charge in [-0.1, -0.05) is 13.8 Å². The third kappa shape index (κ3) is 2.75. The van der Waals surface area contributed by atoms with Gasteiger partial charge in [-0.15, -0.1) is 0 Å². The van der Waals surface area contributed by atoms with Crippen molar-refractivity contribution in [2.75, 3.05) is 4.90 Å². The van der Waals surface area contributed by atoms with Gasteiger partial charge in [0.1, 0.15) is 0 Å². The molecule has 1 rings (SSSR count). The van der Waals surface area contributed by atoms with E-state index in [1.165, 1.54) is 12.3 Å². The summed E-state index contributed by atoms with van der Waals surface area (Å²) in [6.45, 7) is 3.31. The number of pyridine rings is 1. The van der Waals surface area contributed by atoms with Crippen molar-refractivity contribution in [2.45, 2.75) is 26.7 Å². The van der Waals surface area contributed by atoms with Crippen LogP contribution in [-0.4, -0.2) is 23.1 Å². The Bertz CT molecular complexity index is 427. The molecule has 1 aromatic rings. The first-order valence-electron chi connectivity index (χ1n) is 5.41. The molecule has 0 unspecified atom stereocenters. The van der Waals surface area contributed by atoms with E-state index < -0.39 is 0 Å². The fourth-order valence-corrected chi connectivity index (χ4v) is 1.38. The summed E-state index contributed by atoms with van der Waals surface area (Å²) in [4.78, 5) is 39.2. The highest BCUT2D eigenvalue weighted by Crippen LogP contribution is 2.17. The summed E-state index contributed by atoms with van der Waals surface area (Å²) in [5, 5.41) is 0. The molecule has 17 heavy (non-hydrogen) atoms. The molecule has 5 heteroatoms. The zero-order chi connectivity index (χ0) is 12.8. The van der Waals surface area contributed by atoms with Crippen LogP contribution in [0.15, 0.2) is 18.3 Å². The molecule has 2 amide bonds. The van der Waals surface area contributed by atoms with Crippen molar-refractivity contribution >= 4 is 23.9 Å². The van der Waals surface area contributed by atoms with E-state index in [1.54, 1.807) is 19.9 Å². The van der Waals surface area contributed by atoms with E-state index in [1.807, 2.05) is 0 Å². The Morgan fingerprint density at radius 1 is 1.29 bits per heavy atom. The number of aromatic nitrogens is 1. The van der Waals surface area contributed by atoms with E-state index >= 15 is 0 Å². The summed E-state index contributed by atoms with van der Waals surface area (Å²) in [7, 11) is 0. The second-order valence-electron chi connectivity index (χ2n) is 3.36. The molecule has 90 valence electrons. The molecular weight excluding hydrogens is 220 g/mol. The molecule has 0 radical (unpaired) electrons. The SMILES string of the molecule is CCC(=O)N(C(=O)CC)c1ncccc1C=O. The molecule has 0 atom stereocenters. The first kappa shape index (κ1) is 13.0. The molecule has 1 aromatic heterocycles. The van der Waals surface area contributed by atoms with Crippen LogP contribution in [-0.2, 0) is 9.59 Å². The molecule has 0 fully saturated rings. The average Bonchev–Trinajstić information content (AvgIpc) is 2.39. The summed E-state index contributed by atoms with van der Waals surface area (Å²) in [5.41, 5.74) is 0.233. The number of hydrogen-bond donors (Lipinski definition) is 0. The summed E-state index contributed by atoms with van der Waals surface area (Å²) in [6.07, 6.45) is 2.39. The lowest BCUT2D eigenvalue weighted by atomic mass is 10.2. The Kier molecular flexibility index (Phi) is 4.51. The van der Waals surface area contributed by atoms with E-state index in [9.17, 15) is 14.4 Å². The number of anilines is 1. The molecule has 1 heterocycles. The fourth-order valence-electron chi connectivity index (χ4n) is 1.38. The van der Waals surface area contributed by atoms with Crippen LogP contribution in [0.2, 0.25) is 0 Å². The van der Waals surface area contributed by atoms with Crippen molar-refractivity contribution in [2.24, 2.45) is 0 Å². The standard InChI is InChI=1S/C12H14N2O3/c1-3-10(16)14(11(17)4-2)12-9(8-15)6-5-7-13-12/h5-8H,3-4H2,1-2H3. The Morgan fingerprint density at radius 2 is 1.88 bits per heavy atom. The lowest BCUT2D eigenvalue weighted by molar-refractivity contribution is -0.126. The molecule has 0 aliphatic carbocycles. The monoisotopic (exact) mass is 234 g/mol. The van der Waals surface area contributed by atoms with Crippen LogP contribution in [0.25, 0.3) is 0 Å². The van der Waals surface area contributed by atoms with E-state index in [2.05, 4.69) is 4.98 Å². The highest BCUT2D eigenvalue weighted by Gasteiger charge is 2.23. The van der Waals surface area contributed by atoms with Gasteiger partial charge >= 0.3 is 0 Å². The van der Waals surface area contributed by atoms with Crippen molar-refractivity contribution in [3.63, 3.8) is 0 Å². The third-order valence-corrected chi connectivity index (χ3v) is 2.26. The average molecular weight is 234 g/mol. The number of nitrogens with zero attached hydrogens (tertiary/aromatic N) is 2. The minimum Gasteiger partial charge on any atom is -0.298 e. The van der Waals surface area contributed by atoms with Gasteiger partial charge in [0.2, 0.25) is 11.8 Å². The molecule has 0 aromatic carbocycles. The Balaban J connectivity index is 3.26. The number of hydrogen-bond acceptors (Lipinski definition) is 4. The summed E-state index contributed by atoms with van der Waals surface area (Å²) in [5.74, 6) is -0.612. The van der Waals surface area contributed by atoms with Crippen LogP contribution < -0.4 is 4.90 Å². The topological polar surface area (TPSA) is 67.3 Å². The Labute approximate surface area is 99.5 Å². The van der Waals surface area contributed by atoms with Crippen molar-refractivity contribution in [1.29, 1.82) is 0 Å². The minimum absolute atomic E-state index is 0.112. The number of amides is 2. The maximum Gasteiger partial charge on any atom is 0.234 e. The Hall–Kier alpha value is -2.04. The molecule has 5 nitrogen and oxygen atoms in total. The van der Waals surface area contributed by atoms with Gasteiger partial charge in [-0.2, -0.15) is 0 Å². The van der Waals surface area contributed by atoms with Crippen molar-refractivity contribution in [3.05, 3.63) is 23.9 Å². The van der Waals surface area contributed by atoms with Gasteiger partial charge in [-0.05, 0) is 12.1 Å². The molecule has 0 bridgehead atoms. The first-order chi connectivity index (χ1) is 8.15. The number of aldehydes is 1. The van der Waals surface area contributed by atoms with Crippen LogP contribution in [0, 0.1) is 0 Å². The highest BCUT2D eigenvalue weighted by atomic mass is 16.2. The number of rotatable bonds is 4. The third-order valence-electron chi connectivity index (χ3n) is 2.26. The molecule has 0 aliphatic heterocycles. The first-order valence-corrected chi connectivity index (χ1v) is 5.41. The van der Waals surface area contributed by atoms with E-state index in [0.717, 1.165) is 4.90 Å². The fraction of sp³-hybridized carbons (Fsp3) is 0.333. The molecule has 0 spiro atoms. The summed E-state index contributed by atoms with van der Waals surface area (Å²) >= 11 is 0. The van der Waals surface area contributed by atoms with E-state index in [0.29, 0.717) is 6.29 Å². The predicted molar refractivity (Wildman–Crippen MR) is 62.7 cm³/mol. The normalized spacial score (nSPS) is 9.76. The molecule has 0 aliphatic rings. The second kappa shape index (κ2) is 5.89. The second-order valence-corrected chi connectivity index (χ2v) is 3.36. The van der Waals surface area contributed by atoms with E-state index in [-0.39, 0.29) is 36.0 Å². The van der Waals surface area contributed by atoms with Crippen molar-refractivity contribution < 1.29 is 14.4 Å². The van der Waals surface area contributed by atoms with Crippen LogP contribution in [0.4, 0.5) is 5.82 Å². The lowest BCUT2D eigenvalue weighted by Crippen LogP contribution is -2.37. The molecular formula is C12H14N2O3. The highest BCUT2D eigenvalue weighted by molar-refractivity contribution is 6.15. The van der Waals surface area contributed by atoms with Gasteiger partial charge in [0.25, 0.3) is 0 Å². The van der Waals surface area contributed by atoms with Crippen LogP contribution in [0.5, 0.6) is 0 Å². The van der Waals surface area contributed by atoms with Gasteiger partial charge in [0, 0.05) is 19.0 Å². The van der Waals surface area contributed by atoms with Crippen molar-refractivity contribution in [1.82, 2.24) is 4.98 Å².